The molecule has 25 heavy (non-hydrogen) atoms. The summed E-state index contributed by atoms with van der Waals surface area (Å²) in [6, 6.07) is 19.1. The topological polar surface area (TPSA) is 65.0 Å². The SMILES string of the molecule is COC(=O)[C@H](OCc1ccccc1)[C@H](O)[C@H](C)OCc1ccccc1. The fourth-order valence-corrected chi connectivity index (χ4v) is 2.33. The highest BCUT2D eigenvalue weighted by Crippen LogP contribution is 2.14. The van der Waals surface area contributed by atoms with Crippen molar-refractivity contribution in [3.8, 4) is 0 Å². The summed E-state index contributed by atoms with van der Waals surface area (Å²) in [6.45, 7) is 2.24. The Kier molecular flexibility index (Phi) is 7.60. The number of hydrogen-bond acceptors (Lipinski definition) is 5. The zero-order valence-electron chi connectivity index (χ0n) is 14.5. The van der Waals surface area contributed by atoms with Crippen molar-refractivity contribution in [1.82, 2.24) is 0 Å². The van der Waals surface area contributed by atoms with Gasteiger partial charge in [-0.2, -0.15) is 0 Å². The summed E-state index contributed by atoms with van der Waals surface area (Å²) < 4.78 is 16.0. The van der Waals surface area contributed by atoms with E-state index in [0.29, 0.717) is 6.61 Å². The molecule has 0 aliphatic heterocycles. The highest BCUT2D eigenvalue weighted by atomic mass is 16.6. The van der Waals surface area contributed by atoms with E-state index < -0.39 is 24.3 Å². The van der Waals surface area contributed by atoms with Gasteiger partial charge in [0.15, 0.2) is 6.10 Å². The van der Waals surface area contributed by atoms with Crippen LogP contribution >= 0.6 is 0 Å². The van der Waals surface area contributed by atoms with Crippen molar-refractivity contribution in [2.24, 2.45) is 0 Å². The third-order valence-electron chi connectivity index (χ3n) is 3.85. The van der Waals surface area contributed by atoms with Crippen LogP contribution in [0.3, 0.4) is 0 Å². The van der Waals surface area contributed by atoms with E-state index in [1.807, 2.05) is 60.7 Å². The van der Waals surface area contributed by atoms with Gasteiger partial charge in [0.05, 0.1) is 26.4 Å². The van der Waals surface area contributed by atoms with E-state index >= 15 is 0 Å². The summed E-state index contributed by atoms with van der Waals surface area (Å²) in [5, 5.41) is 10.5. The Bertz CT molecular complexity index is 629. The normalized spacial score (nSPS) is 14.5. The number of benzene rings is 2. The van der Waals surface area contributed by atoms with Gasteiger partial charge in [-0.15, -0.1) is 0 Å². The van der Waals surface area contributed by atoms with Crippen LogP contribution in [0.1, 0.15) is 18.1 Å². The molecule has 0 bridgehead atoms. The fraction of sp³-hybridized carbons (Fsp3) is 0.350. The van der Waals surface area contributed by atoms with Crippen LogP contribution in [0.5, 0.6) is 0 Å². The number of rotatable bonds is 9. The van der Waals surface area contributed by atoms with Crippen LogP contribution in [0.4, 0.5) is 0 Å². The summed E-state index contributed by atoms with van der Waals surface area (Å²) >= 11 is 0. The second-order valence-corrected chi connectivity index (χ2v) is 5.73. The predicted molar refractivity (Wildman–Crippen MR) is 93.7 cm³/mol. The zero-order chi connectivity index (χ0) is 18.1. The summed E-state index contributed by atoms with van der Waals surface area (Å²) in [5.41, 5.74) is 1.89. The summed E-state index contributed by atoms with van der Waals surface area (Å²) in [6.07, 6.45) is -2.85. The highest BCUT2D eigenvalue weighted by Gasteiger charge is 2.33. The minimum atomic E-state index is -1.14. The van der Waals surface area contributed by atoms with Gasteiger partial charge in [0.25, 0.3) is 0 Å². The first-order valence-electron chi connectivity index (χ1n) is 8.18. The number of esters is 1. The second-order valence-electron chi connectivity index (χ2n) is 5.73. The van der Waals surface area contributed by atoms with E-state index in [-0.39, 0.29) is 6.61 Å². The zero-order valence-corrected chi connectivity index (χ0v) is 14.5. The maximum atomic E-state index is 12.0. The Morgan fingerprint density at radius 2 is 1.40 bits per heavy atom. The molecule has 3 atom stereocenters. The average molecular weight is 344 g/mol. The van der Waals surface area contributed by atoms with Gasteiger partial charge in [-0.3, -0.25) is 0 Å². The number of carbonyl (C=O) groups excluding carboxylic acids is 1. The molecule has 0 fully saturated rings. The maximum absolute atomic E-state index is 12.0. The lowest BCUT2D eigenvalue weighted by Gasteiger charge is -2.26. The summed E-state index contributed by atoms with van der Waals surface area (Å²) in [4.78, 5) is 12.0. The van der Waals surface area contributed by atoms with Crippen LogP contribution in [0.15, 0.2) is 60.7 Å². The molecule has 2 rings (SSSR count). The molecule has 0 saturated heterocycles. The van der Waals surface area contributed by atoms with Crippen LogP contribution in [0, 0.1) is 0 Å². The Morgan fingerprint density at radius 1 is 0.920 bits per heavy atom. The molecule has 0 radical (unpaired) electrons. The molecule has 2 aromatic rings. The van der Waals surface area contributed by atoms with Gasteiger partial charge in [0.2, 0.25) is 0 Å². The molecule has 1 N–H and O–H groups in total. The molecule has 0 saturated carbocycles. The van der Waals surface area contributed by atoms with E-state index in [9.17, 15) is 9.90 Å². The first-order valence-corrected chi connectivity index (χ1v) is 8.18. The molecule has 0 unspecified atom stereocenters. The predicted octanol–water partition coefficient (Wildman–Crippen LogP) is 2.71. The van der Waals surface area contributed by atoms with E-state index in [1.165, 1.54) is 7.11 Å². The molecule has 0 amide bonds. The first-order chi connectivity index (χ1) is 12.1. The van der Waals surface area contributed by atoms with Crippen molar-refractivity contribution in [2.75, 3.05) is 7.11 Å². The highest BCUT2D eigenvalue weighted by molar-refractivity contribution is 5.75. The number of methoxy groups -OCH3 is 1. The van der Waals surface area contributed by atoms with E-state index in [4.69, 9.17) is 14.2 Å². The Balaban J connectivity index is 1.94. The van der Waals surface area contributed by atoms with Crippen molar-refractivity contribution in [3.05, 3.63) is 71.8 Å². The van der Waals surface area contributed by atoms with Crippen LogP contribution in [-0.2, 0) is 32.2 Å². The van der Waals surface area contributed by atoms with Crippen LogP contribution in [-0.4, -0.2) is 36.5 Å². The maximum Gasteiger partial charge on any atom is 0.337 e. The van der Waals surface area contributed by atoms with Gasteiger partial charge in [0, 0.05) is 0 Å². The van der Waals surface area contributed by atoms with E-state index in [0.717, 1.165) is 11.1 Å². The van der Waals surface area contributed by atoms with Crippen molar-refractivity contribution in [1.29, 1.82) is 0 Å². The third kappa shape index (κ3) is 5.98. The van der Waals surface area contributed by atoms with Gasteiger partial charge in [0.1, 0.15) is 6.10 Å². The molecule has 0 aromatic heterocycles. The molecule has 2 aromatic carbocycles. The standard InChI is InChI=1S/C20H24O5/c1-15(24-13-16-9-5-3-6-10-16)18(21)19(20(22)23-2)25-14-17-11-7-4-8-12-17/h3-12,15,18-19,21H,13-14H2,1-2H3/t15-,18+,19+/m0/s1. The lowest BCUT2D eigenvalue weighted by Crippen LogP contribution is -2.44. The summed E-state index contributed by atoms with van der Waals surface area (Å²) in [7, 11) is 1.27. The molecule has 5 heteroatoms. The molecular weight excluding hydrogens is 320 g/mol. The lowest BCUT2D eigenvalue weighted by molar-refractivity contribution is -0.172. The molecule has 0 aliphatic rings. The Labute approximate surface area is 148 Å². The number of carbonyl (C=O) groups is 1. The molecule has 0 spiro atoms. The van der Waals surface area contributed by atoms with Crippen LogP contribution in [0.25, 0.3) is 0 Å². The Hall–Kier alpha value is -2.21. The van der Waals surface area contributed by atoms with Crippen molar-refractivity contribution in [3.63, 3.8) is 0 Å². The monoisotopic (exact) mass is 344 g/mol. The minimum Gasteiger partial charge on any atom is -0.467 e. The van der Waals surface area contributed by atoms with Gasteiger partial charge in [-0.1, -0.05) is 60.7 Å². The van der Waals surface area contributed by atoms with Gasteiger partial charge in [-0.05, 0) is 18.1 Å². The number of aliphatic hydroxyl groups is 1. The van der Waals surface area contributed by atoms with Crippen molar-refractivity contribution >= 4 is 5.97 Å². The van der Waals surface area contributed by atoms with Crippen molar-refractivity contribution < 1.29 is 24.1 Å². The van der Waals surface area contributed by atoms with Gasteiger partial charge >= 0.3 is 5.97 Å². The summed E-state index contributed by atoms with van der Waals surface area (Å²) in [5.74, 6) is -0.626. The van der Waals surface area contributed by atoms with E-state index in [2.05, 4.69) is 0 Å². The van der Waals surface area contributed by atoms with Gasteiger partial charge in [-0.25, -0.2) is 4.79 Å². The fourth-order valence-electron chi connectivity index (χ4n) is 2.33. The molecule has 5 nitrogen and oxygen atoms in total. The average Bonchev–Trinajstić information content (AvgIpc) is 2.67. The largest absolute Gasteiger partial charge is 0.467 e. The quantitative estimate of drug-likeness (QED) is 0.709. The van der Waals surface area contributed by atoms with Crippen LogP contribution < -0.4 is 0 Å². The lowest BCUT2D eigenvalue weighted by atomic mass is 10.1. The Morgan fingerprint density at radius 3 is 1.88 bits per heavy atom. The molecule has 134 valence electrons. The first kappa shape index (κ1) is 19.1. The van der Waals surface area contributed by atoms with Crippen LogP contribution in [0.2, 0.25) is 0 Å². The van der Waals surface area contributed by atoms with E-state index in [1.54, 1.807) is 6.92 Å². The third-order valence-corrected chi connectivity index (χ3v) is 3.85. The second kappa shape index (κ2) is 9.93. The smallest absolute Gasteiger partial charge is 0.337 e. The van der Waals surface area contributed by atoms with Gasteiger partial charge < -0.3 is 19.3 Å². The number of aliphatic hydroxyl groups excluding tert-OH is 1. The number of ether oxygens (including phenoxy) is 3. The minimum absolute atomic E-state index is 0.197. The number of hydrogen-bond donors (Lipinski definition) is 1. The molecular formula is C20H24O5. The molecule has 0 heterocycles. The van der Waals surface area contributed by atoms with Crippen molar-refractivity contribution in [2.45, 2.75) is 38.4 Å². The molecule has 0 aliphatic carbocycles.